The van der Waals surface area contributed by atoms with E-state index < -0.39 is 4.92 Å². The predicted molar refractivity (Wildman–Crippen MR) is 84.2 cm³/mol. The lowest BCUT2D eigenvalue weighted by Gasteiger charge is -2.07. The minimum absolute atomic E-state index is 0.0261. The minimum Gasteiger partial charge on any atom is -0.280 e. The Labute approximate surface area is 126 Å². The molecule has 0 aliphatic heterocycles. The van der Waals surface area contributed by atoms with E-state index in [-0.39, 0.29) is 11.6 Å². The second-order valence-corrected chi connectivity index (χ2v) is 5.17. The van der Waals surface area contributed by atoms with Gasteiger partial charge in [0, 0.05) is 28.8 Å². The maximum atomic E-state index is 12.8. The van der Waals surface area contributed by atoms with E-state index in [1.807, 2.05) is 38.1 Å². The van der Waals surface area contributed by atoms with Crippen LogP contribution in [0.15, 0.2) is 48.5 Å². The number of nitro groups is 1. The summed E-state index contributed by atoms with van der Waals surface area (Å²) in [6.07, 6.45) is 0. The van der Waals surface area contributed by atoms with Gasteiger partial charge >= 0.3 is 0 Å². The summed E-state index contributed by atoms with van der Waals surface area (Å²) in [4.78, 5) is 23.0. The van der Waals surface area contributed by atoms with E-state index in [2.05, 4.69) is 0 Å². The quantitative estimate of drug-likeness (QED) is 0.532. The standard InChI is InChI=1S/C17H14N2O3/c1-11-12(2)18(16-6-4-3-5-15(11)16)17(20)13-7-9-14(10-8-13)19(21)22/h3-10H,1-2H3. The summed E-state index contributed by atoms with van der Waals surface area (Å²) in [6, 6.07) is 13.4. The van der Waals surface area contributed by atoms with E-state index in [0.29, 0.717) is 5.56 Å². The first-order chi connectivity index (χ1) is 10.5. The molecule has 0 saturated carbocycles. The van der Waals surface area contributed by atoms with Crippen LogP contribution < -0.4 is 0 Å². The van der Waals surface area contributed by atoms with Gasteiger partial charge in [0.05, 0.1) is 10.4 Å². The van der Waals surface area contributed by atoms with Crippen molar-refractivity contribution >= 4 is 22.5 Å². The maximum Gasteiger partial charge on any atom is 0.269 e. The SMILES string of the molecule is Cc1c(C)n(C(=O)c2ccc([N+](=O)[O-])cc2)c2ccccc12. The van der Waals surface area contributed by atoms with Crippen molar-refractivity contribution in [3.63, 3.8) is 0 Å². The highest BCUT2D eigenvalue weighted by Crippen LogP contribution is 2.26. The summed E-state index contributed by atoms with van der Waals surface area (Å²) >= 11 is 0. The van der Waals surface area contributed by atoms with E-state index in [0.717, 1.165) is 22.2 Å². The molecule has 0 radical (unpaired) electrons. The van der Waals surface area contributed by atoms with E-state index in [4.69, 9.17) is 0 Å². The number of nitrogens with zero attached hydrogens (tertiary/aromatic N) is 2. The predicted octanol–water partition coefficient (Wildman–Crippen LogP) is 3.85. The van der Waals surface area contributed by atoms with Crippen LogP contribution in [0.1, 0.15) is 21.6 Å². The molecule has 3 aromatic rings. The molecule has 110 valence electrons. The number of nitro benzene ring substituents is 1. The molecule has 1 heterocycles. The van der Waals surface area contributed by atoms with Gasteiger partial charge in [-0.05, 0) is 37.6 Å². The Balaban J connectivity index is 2.13. The topological polar surface area (TPSA) is 65.1 Å². The van der Waals surface area contributed by atoms with Crippen molar-refractivity contribution in [1.29, 1.82) is 0 Å². The smallest absolute Gasteiger partial charge is 0.269 e. The zero-order valence-corrected chi connectivity index (χ0v) is 12.2. The van der Waals surface area contributed by atoms with Crippen LogP contribution in [0.3, 0.4) is 0 Å². The minimum atomic E-state index is -0.477. The number of carbonyl (C=O) groups excluding carboxylic acids is 1. The van der Waals surface area contributed by atoms with Gasteiger partial charge in [-0.2, -0.15) is 0 Å². The first-order valence-electron chi connectivity index (χ1n) is 6.86. The van der Waals surface area contributed by atoms with Crippen LogP contribution in [-0.2, 0) is 0 Å². The Hall–Kier alpha value is -2.95. The molecule has 0 fully saturated rings. The lowest BCUT2D eigenvalue weighted by atomic mass is 10.2. The van der Waals surface area contributed by atoms with Gasteiger partial charge in [-0.3, -0.25) is 19.5 Å². The third-order valence-electron chi connectivity index (χ3n) is 3.96. The number of rotatable bonds is 2. The zero-order chi connectivity index (χ0) is 15.9. The molecule has 2 aromatic carbocycles. The van der Waals surface area contributed by atoms with Crippen LogP contribution in [0.25, 0.3) is 10.9 Å². The lowest BCUT2D eigenvalue weighted by molar-refractivity contribution is -0.384. The molecule has 0 aliphatic carbocycles. The van der Waals surface area contributed by atoms with Crippen molar-refractivity contribution in [2.45, 2.75) is 13.8 Å². The van der Waals surface area contributed by atoms with Crippen molar-refractivity contribution in [1.82, 2.24) is 4.57 Å². The number of hydrogen-bond donors (Lipinski definition) is 0. The second-order valence-electron chi connectivity index (χ2n) is 5.17. The van der Waals surface area contributed by atoms with Crippen molar-refractivity contribution in [3.05, 3.63) is 75.5 Å². The highest BCUT2D eigenvalue weighted by atomic mass is 16.6. The van der Waals surface area contributed by atoms with Crippen LogP contribution >= 0.6 is 0 Å². The monoisotopic (exact) mass is 294 g/mol. The van der Waals surface area contributed by atoms with Crippen molar-refractivity contribution < 1.29 is 9.72 Å². The third-order valence-corrected chi connectivity index (χ3v) is 3.96. The normalized spacial score (nSPS) is 10.8. The highest BCUT2D eigenvalue weighted by Gasteiger charge is 2.18. The number of aryl methyl sites for hydroxylation is 1. The molecule has 5 nitrogen and oxygen atoms in total. The van der Waals surface area contributed by atoms with Crippen LogP contribution in [0.5, 0.6) is 0 Å². The number of non-ortho nitro benzene ring substituents is 1. The van der Waals surface area contributed by atoms with Gasteiger partial charge in [0.25, 0.3) is 11.6 Å². The second kappa shape index (κ2) is 5.11. The Morgan fingerprint density at radius 1 is 1.05 bits per heavy atom. The average Bonchev–Trinajstić information content (AvgIpc) is 2.79. The molecular weight excluding hydrogens is 280 g/mol. The summed E-state index contributed by atoms with van der Waals surface area (Å²) in [5, 5.41) is 11.7. The van der Waals surface area contributed by atoms with Crippen LogP contribution in [-0.4, -0.2) is 15.4 Å². The molecular formula is C17H14N2O3. The van der Waals surface area contributed by atoms with Gasteiger partial charge in [0.2, 0.25) is 0 Å². The van der Waals surface area contributed by atoms with Crippen LogP contribution in [0, 0.1) is 24.0 Å². The third kappa shape index (κ3) is 2.07. The fraction of sp³-hybridized carbons (Fsp3) is 0.118. The molecule has 22 heavy (non-hydrogen) atoms. The number of aromatic nitrogens is 1. The molecule has 0 N–H and O–H groups in total. The highest BCUT2D eigenvalue weighted by molar-refractivity contribution is 6.04. The first-order valence-corrected chi connectivity index (χ1v) is 6.86. The van der Waals surface area contributed by atoms with Gasteiger partial charge < -0.3 is 0 Å². The zero-order valence-electron chi connectivity index (χ0n) is 12.2. The molecule has 0 atom stereocenters. The summed E-state index contributed by atoms with van der Waals surface area (Å²) in [7, 11) is 0. The van der Waals surface area contributed by atoms with E-state index >= 15 is 0 Å². The van der Waals surface area contributed by atoms with Gasteiger partial charge in [0.1, 0.15) is 0 Å². The molecule has 0 unspecified atom stereocenters. The lowest BCUT2D eigenvalue weighted by Crippen LogP contribution is -2.13. The van der Waals surface area contributed by atoms with E-state index in [1.54, 1.807) is 4.57 Å². The number of benzene rings is 2. The van der Waals surface area contributed by atoms with Gasteiger partial charge in [-0.15, -0.1) is 0 Å². The molecule has 0 amide bonds. The summed E-state index contributed by atoms with van der Waals surface area (Å²) < 4.78 is 1.66. The number of hydrogen-bond acceptors (Lipinski definition) is 3. The molecule has 0 aliphatic rings. The molecule has 5 heteroatoms. The van der Waals surface area contributed by atoms with E-state index in [1.165, 1.54) is 24.3 Å². The fourth-order valence-corrected chi connectivity index (χ4v) is 2.65. The number of fused-ring (bicyclic) bond motifs is 1. The van der Waals surface area contributed by atoms with Crippen LogP contribution in [0.4, 0.5) is 5.69 Å². The fourth-order valence-electron chi connectivity index (χ4n) is 2.65. The van der Waals surface area contributed by atoms with Gasteiger partial charge in [-0.1, -0.05) is 18.2 Å². The number of carbonyl (C=O) groups is 1. The molecule has 0 bridgehead atoms. The molecule has 1 aromatic heterocycles. The Morgan fingerprint density at radius 3 is 2.32 bits per heavy atom. The van der Waals surface area contributed by atoms with Crippen molar-refractivity contribution in [2.24, 2.45) is 0 Å². The Morgan fingerprint density at radius 2 is 1.68 bits per heavy atom. The first kappa shape index (κ1) is 14.0. The maximum absolute atomic E-state index is 12.8. The summed E-state index contributed by atoms with van der Waals surface area (Å²) in [5.41, 5.74) is 3.19. The number of para-hydroxylation sites is 1. The van der Waals surface area contributed by atoms with E-state index in [9.17, 15) is 14.9 Å². The summed E-state index contributed by atoms with van der Waals surface area (Å²) in [5.74, 6) is -0.184. The summed E-state index contributed by atoms with van der Waals surface area (Å²) in [6.45, 7) is 3.88. The van der Waals surface area contributed by atoms with Crippen molar-refractivity contribution in [2.75, 3.05) is 0 Å². The molecule has 3 rings (SSSR count). The average molecular weight is 294 g/mol. The van der Waals surface area contributed by atoms with Gasteiger partial charge in [-0.25, -0.2) is 0 Å². The van der Waals surface area contributed by atoms with Gasteiger partial charge in [0.15, 0.2) is 0 Å². The van der Waals surface area contributed by atoms with Crippen molar-refractivity contribution in [3.8, 4) is 0 Å². The molecule has 0 saturated heterocycles. The Bertz CT molecular complexity index is 892. The Kier molecular flexibility index (Phi) is 3.25. The molecule has 0 spiro atoms. The largest absolute Gasteiger partial charge is 0.280 e. The van der Waals surface area contributed by atoms with Crippen LogP contribution in [0.2, 0.25) is 0 Å².